The van der Waals surface area contributed by atoms with Gasteiger partial charge in [-0.1, -0.05) is 13.0 Å². The quantitative estimate of drug-likeness (QED) is 0.760. The molecule has 0 spiro atoms. The Morgan fingerprint density at radius 1 is 1.33 bits per heavy atom. The lowest BCUT2D eigenvalue weighted by Crippen LogP contribution is -2.21. The second-order valence-electron chi connectivity index (χ2n) is 4.61. The first-order chi connectivity index (χ1) is 8.53. The minimum absolute atomic E-state index is 0.136. The van der Waals surface area contributed by atoms with Crippen molar-refractivity contribution in [3.05, 3.63) is 22.4 Å². The summed E-state index contributed by atoms with van der Waals surface area (Å²) in [5.41, 5.74) is 5.99. The van der Waals surface area contributed by atoms with Crippen LogP contribution in [0, 0.1) is 0 Å². The molecular formula is C13H23NO2S2. The van der Waals surface area contributed by atoms with Crippen molar-refractivity contribution < 1.29 is 8.42 Å². The van der Waals surface area contributed by atoms with Gasteiger partial charge in [0.15, 0.2) is 0 Å². The van der Waals surface area contributed by atoms with Gasteiger partial charge >= 0.3 is 0 Å². The molecule has 1 rings (SSSR count). The summed E-state index contributed by atoms with van der Waals surface area (Å²) >= 11 is 1.78. The summed E-state index contributed by atoms with van der Waals surface area (Å²) in [6.07, 6.45) is 4.64. The zero-order valence-electron chi connectivity index (χ0n) is 11.0. The van der Waals surface area contributed by atoms with E-state index in [1.807, 2.05) is 0 Å². The molecule has 0 aliphatic heterocycles. The highest BCUT2D eigenvalue weighted by atomic mass is 32.2. The lowest BCUT2D eigenvalue weighted by molar-refractivity contribution is 0.535. The largest absolute Gasteiger partial charge is 0.328 e. The summed E-state index contributed by atoms with van der Waals surface area (Å²) in [4.78, 5) is 1.40. The van der Waals surface area contributed by atoms with Gasteiger partial charge in [0, 0.05) is 16.7 Å². The first kappa shape index (κ1) is 15.7. The van der Waals surface area contributed by atoms with Gasteiger partial charge in [0.1, 0.15) is 9.84 Å². The molecule has 0 aliphatic rings. The van der Waals surface area contributed by atoms with Crippen LogP contribution in [0.1, 0.15) is 37.5 Å². The predicted octanol–water partition coefficient (Wildman–Crippen LogP) is 2.61. The van der Waals surface area contributed by atoms with Gasteiger partial charge in [0.25, 0.3) is 0 Å². The number of thiophene rings is 1. The Bertz CT molecular complexity index is 412. The van der Waals surface area contributed by atoms with E-state index in [0.717, 1.165) is 25.7 Å². The Labute approximate surface area is 114 Å². The molecule has 0 saturated heterocycles. The van der Waals surface area contributed by atoms with E-state index >= 15 is 0 Å². The average Bonchev–Trinajstić information content (AvgIpc) is 2.82. The number of rotatable bonds is 9. The van der Waals surface area contributed by atoms with Crippen molar-refractivity contribution in [1.29, 1.82) is 0 Å². The van der Waals surface area contributed by atoms with Crippen LogP contribution >= 0.6 is 11.3 Å². The molecule has 1 atom stereocenters. The molecule has 0 saturated carbocycles. The third kappa shape index (κ3) is 6.52. The van der Waals surface area contributed by atoms with Crippen LogP contribution in [0.5, 0.6) is 0 Å². The number of hydrogen-bond donors (Lipinski definition) is 1. The fourth-order valence-electron chi connectivity index (χ4n) is 1.85. The summed E-state index contributed by atoms with van der Waals surface area (Å²) in [7, 11) is -2.83. The zero-order valence-corrected chi connectivity index (χ0v) is 12.6. The molecule has 3 nitrogen and oxygen atoms in total. The highest BCUT2D eigenvalue weighted by Gasteiger charge is 2.09. The normalized spacial score (nSPS) is 13.7. The van der Waals surface area contributed by atoms with E-state index in [9.17, 15) is 8.42 Å². The predicted molar refractivity (Wildman–Crippen MR) is 78.8 cm³/mol. The maximum absolute atomic E-state index is 11.3. The second-order valence-corrected chi connectivity index (χ2v) is 8.12. The SMILES string of the molecule is CCS(=O)(=O)CCCC(N)CCCc1cccs1. The van der Waals surface area contributed by atoms with Crippen LogP contribution in [0.15, 0.2) is 17.5 Å². The van der Waals surface area contributed by atoms with Crippen LogP contribution in [0.2, 0.25) is 0 Å². The molecule has 2 N–H and O–H groups in total. The topological polar surface area (TPSA) is 60.2 Å². The molecule has 1 aromatic heterocycles. The summed E-state index contributed by atoms with van der Waals surface area (Å²) in [5.74, 6) is 0.517. The number of aryl methyl sites for hydroxylation is 1. The molecule has 5 heteroatoms. The van der Waals surface area contributed by atoms with Gasteiger partial charge in [-0.3, -0.25) is 0 Å². The van der Waals surface area contributed by atoms with Crippen molar-refractivity contribution >= 4 is 21.2 Å². The minimum Gasteiger partial charge on any atom is -0.328 e. The molecule has 0 fully saturated rings. The van der Waals surface area contributed by atoms with Crippen molar-refractivity contribution in [2.75, 3.05) is 11.5 Å². The molecule has 0 aromatic carbocycles. The van der Waals surface area contributed by atoms with E-state index in [4.69, 9.17) is 5.73 Å². The molecule has 0 aliphatic carbocycles. The molecule has 18 heavy (non-hydrogen) atoms. The summed E-state index contributed by atoms with van der Waals surface area (Å²) < 4.78 is 22.6. The van der Waals surface area contributed by atoms with Gasteiger partial charge in [-0.2, -0.15) is 0 Å². The lowest BCUT2D eigenvalue weighted by atomic mass is 10.1. The Kier molecular flexibility index (Phi) is 6.89. The van der Waals surface area contributed by atoms with E-state index in [2.05, 4.69) is 17.5 Å². The van der Waals surface area contributed by atoms with E-state index in [1.165, 1.54) is 4.88 Å². The minimum atomic E-state index is -2.83. The van der Waals surface area contributed by atoms with Crippen molar-refractivity contribution in [2.24, 2.45) is 5.73 Å². The molecular weight excluding hydrogens is 266 g/mol. The standard InChI is InChI=1S/C13H23NO2S2/c1-2-18(15,16)11-5-7-12(14)6-3-8-13-9-4-10-17-13/h4,9-10,12H,2-3,5-8,11,14H2,1H3. The van der Waals surface area contributed by atoms with Gasteiger partial charge < -0.3 is 5.73 Å². The third-order valence-electron chi connectivity index (χ3n) is 3.05. The van der Waals surface area contributed by atoms with Crippen LogP contribution in [0.25, 0.3) is 0 Å². The van der Waals surface area contributed by atoms with Gasteiger partial charge in [0.05, 0.1) is 5.75 Å². The van der Waals surface area contributed by atoms with Gasteiger partial charge in [-0.05, 0) is 43.6 Å². The van der Waals surface area contributed by atoms with Crippen molar-refractivity contribution in [3.8, 4) is 0 Å². The molecule has 104 valence electrons. The molecule has 0 amide bonds. The van der Waals surface area contributed by atoms with Crippen LogP contribution < -0.4 is 5.73 Å². The lowest BCUT2D eigenvalue weighted by Gasteiger charge is -2.10. The van der Waals surface area contributed by atoms with Crippen LogP contribution in [-0.2, 0) is 16.3 Å². The summed E-state index contributed by atoms with van der Waals surface area (Å²) in [6, 6.07) is 4.34. The van der Waals surface area contributed by atoms with Crippen LogP contribution in [0.3, 0.4) is 0 Å². The van der Waals surface area contributed by atoms with Crippen molar-refractivity contribution in [2.45, 2.75) is 45.1 Å². The first-order valence-electron chi connectivity index (χ1n) is 6.52. The van der Waals surface area contributed by atoms with Crippen LogP contribution in [-0.4, -0.2) is 26.0 Å². The Balaban J connectivity index is 2.09. The molecule has 1 aromatic rings. The fourth-order valence-corrected chi connectivity index (χ4v) is 3.49. The highest BCUT2D eigenvalue weighted by molar-refractivity contribution is 7.91. The van der Waals surface area contributed by atoms with Gasteiger partial charge in [0.2, 0.25) is 0 Å². The van der Waals surface area contributed by atoms with Crippen molar-refractivity contribution in [3.63, 3.8) is 0 Å². The maximum atomic E-state index is 11.3. The summed E-state index contributed by atoms with van der Waals surface area (Å²) in [5, 5.41) is 2.09. The fraction of sp³-hybridized carbons (Fsp3) is 0.692. The highest BCUT2D eigenvalue weighted by Crippen LogP contribution is 2.13. The van der Waals surface area contributed by atoms with E-state index in [0.29, 0.717) is 6.42 Å². The smallest absolute Gasteiger partial charge is 0.150 e. The Morgan fingerprint density at radius 2 is 2.06 bits per heavy atom. The summed E-state index contributed by atoms with van der Waals surface area (Å²) in [6.45, 7) is 1.69. The Morgan fingerprint density at radius 3 is 2.67 bits per heavy atom. The first-order valence-corrected chi connectivity index (χ1v) is 9.22. The number of sulfone groups is 1. The van der Waals surface area contributed by atoms with Crippen LogP contribution in [0.4, 0.5) is 0 Å². The Hall–Kier alpha value is -0.390. The number of nitrogens with two attached hydrogens (primary N) is 1. The maximum Gasteiger partial charge on any atom is 0.150 e. The molecule has 0 radical (unpaired) electrons. The van der Waals surface area contributed by atoms with E-state index in [1.54, 1.807) is 18.3 Å². The molecule has 0 bridgehead atoms. The average molecular weight is 289 g/mol. The van der Waals surface area contributed by atoms with E-state index in [-0.39, 0.29) is 17.5 Å². The monoisotopic (exact) mass is 289 g/mol. The van der Waals surface area contributed by atoms with Gasteiger partial charge in [-0.25, -0.2) is 8.42 Å². The molecule has 1 heterocycles. The van der Waals surface area contributed by atoms with Crippen molar-refractivity contribution in [1.82, 2.24) is 0 Å². The third-order valence-corrected chi connectivity index (χ3v) is 5.77. The second kappa shape index (κ2) is 7.92. The zero-order chi connectivity index (χ0) is 13.4. The molecule has 1 unspecified atom stereocenters. The van der Waals surface area contributed by atoms with Gasteiger partial charge in [-0.15, -0.1) is 11.3 Å². The van der Waals surface area contributed by atoms with E-state index < -0.39 is 9.84 Å². The number of hydrogen-bond acceptors (Lipinski definition) is 4.